The van der Waals surface area contributed by atoms with Crippen LogP contribution in [0.1, 0.15) is 10.4 Å². The Hall–Kier alpha value is -2.89. The topological polar surface area (TPSA) is 114 Å². The van der Waals surface area contributed by atoms with Crippen LogP contribution in [0.2, 0.25) is 0 Å². The van der Waals surface area contributed by atoms with E-state index in [1.54, 1.807) is 24.3 Å². The highest BCUT2D eigenvalue weighted by atomic mass is 16.5. The summed E-state index contributed by atoms with van der Waals surface area (Å²) >= 11 is 0. The molecule has 6 nitrogen and oxygen atoms in total. The average molecular weight is 273 g/mol. The lowest BCUT2D eigenvalue weighted by Gasteiger charge is -2.10. The van der Waals surface area contributed by atoms with E-state index in [9.17, 15) is 4.79 Å². The van der Waals surface area contributed by atoms with Crippen LogP contribution in [0.4, 0.5) is 11.4 Å². The van der Waals surface area contributed by atoms with E-state index in [4.69, 9.17) is 26.7 Å². The Balaban J connectivity index is 2.34. The second-order valence-corrected chi connectivity index (χ2v) is 4.15. The van der Waals surface area contributed by atoms with Crippen LogP contribution in [0.25, 0.3) is 0 Å². The fraction of sp³-hybridized carbons (Fsp3) is 0.0714. The molecule has 0 saturated carbocycles. The largest absolute Gasteiger partial charge is 0.497 e. The van der Waals surface area contributed by atoms with E-state index in [-0.39, 0.29) is 0 Å². The van der Waals surface area contributed by atoms with Gasteiger partial charge in [0.05, 0.1) is 18.5 Å². The summed E-state index contributed by atoms with van der Waals surface area (Å²) < 4.78 is 10.7. The first-order valence-corrected chi connectivity index (χ1v) is 5.81. The van der Waals surface area contributed by atoms with E-state index in [0.717, 1.165) is 0 Å². The Morgan fingerprint density at radius 3 is 2.25 bits per heavy atom. The standard InChI is InChI=1S/C14H15N3O3/c1-19-10-4-8(14(17)18)5-11(6-10)20-9-2-3-12(15)13(16)7-9/h2-7H,15-16H2,1H3,(H2,17,18). The van der Waals surface area contributed by atoms with Crippen LogP contribution in [0.15, 0.2) is 36.4 Å². The van der Waals surface area contributed by atoms with E-state index >= 15 is 0 Å². The van der Waals surface area contributed by atoms with Crippen molar-refractivity contribution in [3.8, 4) is 17.2 Å². The summed E-state index contributed by atoms with van der Waals surface area (Å²) in [6.45, 7) is 0. The molecule has 0 heterocycles. The SMILES string of the molecule is COc1cc(Oc2ccc(N)c(N)c2)cc(C(N)=O)c1. The van der Waals surface area contributed by atoms with Crippen molar-refractivity contribution in [1.82, 2.24) is 0 Å². The van der Waals surface area contributed by atoms with Gasteiger partial charge in [-0.1, -0.05) is 0 Å². The predicted octanol–water partition coefficient (Wildman–Crippen LogP) is 1.75. The zero-order valence-electron chi connectivity index (χ0n) is 10.9. The molecule has 0 aromatic heterocycles. The quantitative estimate of drug-likeness (QED) is 0.734. The van der Waals surface area contributed by atoms with Crippen LogP contribution >= 0.6 is 0 Å². The van der Waals surface area contributed by atoms with Crippen molar-refractivity contribution in [3.05, 3.63) is 42.0 Å². The number of nitrogen functional groups attached to an aromatic ring is 2. The lowest BCUT2D eigenvalue weighted by atomic mass is 10.2. The summed E-state index contributed by atoms with van der Waals surface area (Å²) in [7, 11) is 1.49. The molecule has 0 radical (unpaired) electrons. The Morgan fingerprint density at radius 1 is 0.950 bits per heavy atom. The van der Waals surface area contributed by atoms with Crippen molar-refractivity contribution in [3.63, 3.8) is 0 Å². The van der Waals surface area contributed by atoms with Crippen molar-refractivity contribution in [2.24, 2.45) is 5.73 Å². The second kappa shape index (κ2) is 5.40. The molecule has 2 rings (SSSR count). The van der Waals surface area contributed by atoms with Crippen molar-refractivity contribution in [1.29, 1.82) is 0 Å². The van der Waals surface area contributed by atoms with E-state index < -0.39 is 5.91 Å². The van der Waals surface area contributed by atoms with Gasteiger partial charge in [-0.25, -0.2) is 0 Å². The fourth-order valence-corrected chi connectivity index (χ4v) is 1.64. The van der Waals surface area contributed by atoms with Crippen LogP contribution in [0.3, 0.4) is 0 Å². The lowest BCUT2D eigenvalue weighted by Crippen LogP contribution is -2.11. The molecule has 20 heavy (non-hydrogen) atoms. The number of primary amides is 1. The van der Waals surface area contributed by atoms with Crippen molar-refractivity contribution in [2.45, 2.75) is 0 Å². The minimum Gasteiger partial charge on any atom is -0.497 e. The summed E-state index contributed by atoms with van der Waals surface area (Å²) in [5.74, 6) is 0.827. The van der Waals surface area contributed by atoms with Crippen LogP contribution in [-0.2, 0) is 0 Å². The molecule has 0 spiro atoms. The molecule has 0 aliphatic heterocycles. The molecule has 0 fully saturated rings. The summed E-state index contributed by atoms with van der Waals surface area (Å²) in [4.78, 5) is 11.2. The normalized spacial score (nSPS) is 10.1. The van der Waals surface area contributed by atoms with Crippen LogP contribution in [-0.4, -0.2) is 13.0 Å². The summed E-state index contributed by atoms with van der Waals surface area (Å²) in [6, 6.07) is 9.61. The highest BCUT2D eigenvalue weighted by Gasteiger charge is 2.08. The lowest BCUT2D eigenvalue weighted by molar-refractivity contribution is 0.0999. The highest BCUT2D eigenvalue weighted by Crippen LogP contribution is 2.29. The molecule has 0 unspecified atom stereocenters. The molecule has 2 aromatic rings. The molecule has 0 saturated heterocycles. The van der Waals surface area contributed by atoms with Crippen LogP contribution in [0, 0.1) is 0 Å². The molecule has 0 bridgehead atoms. The third-order valence-electron chi connectivity index (χ3n) is 2.69. The maximum Gasteiger partial charge on any atom is 0.248 e. The number of hydrogen-bond acceptors (Lipinski definition) is 5. The monoisotopic (exact) mass is 273 g/mol. The van der Waals surface area contributed by atoms with Gasteiger partial charge in [0.15, 0.2) is 0 Å². The number of methoxy groups -OCH3 is 1. The Bertz CT molecular complexity index is 656. The van der Waals surface area contributed by atoms with E-state index in [1.165, 1.54) is 19.2 Å². The van der Waals surface area contributed by atoms with Gasteiger partial charge < -0.3 is 26.7 Å². The minimum atomic E-state index is -0.564. The average Bonchev–Trinajstić information content (AvgIpc) is 2.42. The first-order valence-electron chi connectivity index (χ1n) is 5.81. The maximum absolute atomic E-state index is 11.2. The Kier molecular flexibility index (Phi) is 3.65. The van der Waals surface area contributed by atoms with Crippen molar-refractivity contribution < 1.29 is 14.3 Å². The predicted molar refractivity (Wildman–Crippen MR) is 76.9 cm³/mol. The molecule has 0 aliphatic rings. The van der Waals surface area contributed by atoms with Gasteiger partial charge in [-0.3, -0.25) is 4.79 Å². The number of carbonyl (C=O) groups excluding carboxylic acids is 1. The van der Waals surface area contributed by atoms with Gasteiger partial charge in [0, 0.05) is 17.7 Å². The molecular weight excluding hydrogens is 258 g/mol. The molecule has 2 aromatic carbocycles. The number of hydrogen-bond donors (Lipinski definition) is 3. The molecule has 1 amide bonds. The van der Waals surface area contributed by atoms with Gasteiger partial charge >= 0.3 is 0 Å². The van der Waals surface area contributed by atoms with E-state index in [0.29, 0.717) is 34.2 Å². The fourth-order valence-electron chi connectivity index (χ4n) is 1.64. The number of amides is 1. The number of anilines is 2. The third-order valence-corrected chi connectivity index (χ3v) is 2.69. The number of rotatable bonds is 4. The summed E-state index contributed by atoms with van der Waals surface area (Å²) in [5.41, 5.74) is 17.8. The van der Waals surface area contributed by atoms with Gasteiger partial charge in [0.1, 0.15) is 17.2 Å². The van der Waals surface area contributed by atoms with Crippen molar-refractivity contribution >= 4 is 17.3 Å². The van der Waals surface area contributed by atoms with Crippen LogP contribution < -0.4 is 26.7 Å². The smallest absolute Gasteiger partial charge is 0.248 e. The Morgan fingerprint density at radius 2 is 1.65 bits per heavy atom. The van der Waals surface area contributed by atoms with Gasteiger partial charge in [-0.05, 0) is 24.3 Å². The van der Waals surface area contributed by atoms with Gasteiger partial charge in [-0.2, -0.15) is 0 Å². The van der Waals surface area contributed by atoms with E-state index in [1.807, 2.05) is 0 Å². The molecule has 6 heteroatoms. The number of nitrogens with two attached hydrogens (primary N) is 3. The molecule has 104 valence electrons. The maximum atomic E-state index is 11.2. The minimum absolute atomic E-state index is 0.294. The first kappa shape index (κ1) is 13.5. The molecule has 0 atom stereocenters. The number of carbonyl (C=O) groups is 1. The zero-order valence-corrected chi connectivity index (χ0v) is 10.9. The molecule has 0 aliphatic carbocycles. The number of ether oxygens (including phenoxy) is 2. The van der Waals surface area contributed by atoms with Gasteiger partial charge in [0.2, 0.25) is 5.91 Å². The van der Waals surface area contributed by atoms with E-state index in [2.05, 4.69) is 0 Å². The van der Waals surface area contributed by atoms with Gasteiger partial charge in [-0.15, -0.1) is 0 Å². The number of benzene rings is 2. The van der Waals surface area contributed by atoms with Gasteiger partial charge in [0.25, 0.3) is 0 Å². The summed E-state index contributed by atoms with van der Waals surface area (Å²) in [5, 5.41) is 0. The zero-order chi connectivity index (χ0) is 14.7. The molecule has 6 N–H and O–H groups in total. The summed E-state index contributed by atoms with van der Waals surface area (Å²) in [6.07, 6.45) is 0. The van der Waals surface area contributed by atoms with Crippen molar-refractivity contribution in [2.75, 3.05) is 18.6 Å². The Labute approximate surface area is 116 Å². The second-order valence-electron chi connectivity index (χ2n) is 4.15. The first-order chi connectivity index (χ1) is 9.49. The highest BCUT2D eigenvalue weighted by molar-refractivity contribution is 5.93. The molecular formula is C14H15N3O3. The third kappa shape index (κ3) is 2.92. The van der Waals surface area contributed by atoms with Crippen LogP contribution in [0.5, 0.6) is 17.2 Å².